The normalized spacial score (nSPS) is 24.4. The zero-order chi connectivity index (χ0) is 17.5. The molecule has 3 aliphatic heterocycles. The molecule has 6 nitrogen and oxygen atoms in total. The van der Waals surface area contributed by atoms with Crippen LogP contribution in [0.4, 0.5) is 0 Å². The van der Waals surface area contributed by atoms with Gasteiger partial charge in [0.15, 0.2) is 29.3 Å². The smallest absolute Gasteiger partial charge is 0.231 e. The standard InChI is InChI=1S/C20H18O6/c21-20-15(6-13-2-4-17-19(8-13)26-11-24-17)14(9-22-20)5-12-1-3-16-18(7-12)25-10-23-16/h1-5,7-8,15,20-21H,6,9-11H2/t15-,20-/m0/s1. The van der Waals surface area contributed by atoms with Gasteiger partial charge in [-0.2, -0.15) is 0 Å². The Morgan fingerprint density at radius 2 is 1.58 bits per heavy atom. The molecule has 26 heavy (non-hydrogen) atoms. The van der Waals surface area contributed by atoms with Crippen molar-refractivity contribution < 1.29 is 28.8 Å². The Bertz CT molecular complexity index is 875. The molecule has 134 valence electrons. The number of aliphatic hydroxyl groups excluding tert-OH is 1. The van der Waals surface area contributed by atoms with Crippen molar-refractivity contribution in [3.63, 3.8) is 0 Å². The topological polar surface area (TPSA) is 66.4 Å². The number of aliphatic hydroxyl groups is 1. The van der Waals surface area contributed by atoms with Crippen LogP contribution in [0.15, 0.2) is 42.0 Å². The fourth-order valence-corrected chi connectivity index (χ4v) is 3.51. The Kier molecular flexibility index (Phi) is 3.72. The van der Waals surface area contributed by atoms with Crippen molar-refractivity contribution in [2.75, 3.05) is 20.2 Å². The maximum absolute atomic E-state index is 10.3. The molecule has 0 saturated carbocycles. The van der Waals surface area contributed by atoms with E-state index in [1.165, 1.54) is 0 Å². The van der Waals surface area contributed by atoms with Crippen LogP contribution >= 0.6 is 0 Å². The summed E-state index contributed by atoms with van der Waals surface area (Å²) in [5.74, 6) is 2.89. The van der Waals surface area contributed by atoms with Gasteiger partial charge in [0, 0.05) is 5.92 Å². The van der Waals surface area contributed by atoms with Gasteiger partial charge in [-0.15, -0.1) is 0 Å². The lowest BCUT2D eigenvalue weighted by Gasteiger charge is -2.15. The largest absolute Gasteiger partial charge is 0.454 e. The Labute approximate surface area is 150 Å². The number of hydrogen-bond acceptors (Lipinski definition) is 6. The van der Waals surface area contributed by atoms with Crippen LogP contribution in [0.2, 0.25) is 0 Å². The van der Waals surface area contributed by atoms with E-state index in [1.54, 1.807) is 0 Å². The van der Waals surface area contributed by atoms with E-state index in [0.717, 1.165) is 39.7 Å². The molecule has 0 spiro atoms. The van der Waals surface area contributed by atoms with E-state index in [2.05, 4.69) is 6.08 Å². The average molecular weight is 354 g/mol. The van der Waals surface area contributed by atoms with E-state index in [0.29, 0.717) is 13.0 Å². The maximum atomic E-state index is 10.3. The highest BCUT2D eigenvalue weighted by atomic mass is 16.7. The summed E-state index contributed by atoms with van der Waals surface area (Å²) >= 11 is 0. The van der Waals surface area contributed by atoms with Crippen molar-refractivity contribution in [1.82, 2.24) is 0 Å². The summed E-state index contributed by atoms with van der Waals surface area (Å²) in [7, 11) is 0. The first-order valence-electron chi connectivity index (χ1n) is 8.54. The first-order valence-corrected chi connectivity index (χ1v) is 8.54. The molecule has 2 atom stereocenters. The molecule has 0 aliphatic carbocycles. The molecule has 2 aromatic carbocycles. The minimum absolute atomic E-state index is 0.110. The van der Waals surface area contributed by atoms with Crippen molar-refractivity contribution in [2.45, 2.75) is 12.7 Å². The molecule has 0 aromatic heterocycles. The molecule has 3 heterocycles. The summed E-state index contributed by atoms with van der Waals surface area (Å²) in [6.45, 7) is 0.915. The third-order valence-corrected chi connectivity index (χ3v) is 4.88. The first kappa shape index (κ1) is 15.5. The molecular weight excluding hydrogens is 336 g/mol. The van der Waals surface area contributed by atoms with Crippen molar-refractivity contribution in [1.29, 1.82) is 0 Å². The highest BCUT2D eigenvalue weighted by Gasteiger charge is 2.31. The Hall–Kier alpha value is -2.70. The molecule has 6 heteroatoms. The van der Waals surface area contributed by atoms with E-state index in [9.17, 15) is 5.11 Å². The summed E-state index contributed by atoms with van der Waals surface area (Å²) in [5, 5.41) is 10.3. The fraction of sp³-hybridized carbons (Fsp3) is 0.300. The van der Waals surface area contributed by atoms with Crippen molar-refractivity contribution in [3.05, 3.63) is 53.1 Å². The molecule has 1 saturated heterocycles. The lowest BCUT2D eigenvalue weighted by Crippen LogP contribution is -2.18. The number of benzene rings is 2. The summed E-state index contributed by atoms with van der Waals surface area (Å²) < 4.78 is 27.1. The Morgan fingerprint density at radius 1 is 0.885 bits per heavy atom. The highest BCUT2D eigenvalue weighted by molar-refractivity contribution is 5.59. The van der Waals surface area contributed by atoms with Crippen LogP contribution in [-0.2, 0) is 11.2 Å². The van der Waals surface area contributed by atoms with E-state index in [-0.39, 0.29) is 19.5 Å². The molecule has 1 N–H and O–H groups in total. The van der Waals surface area contributed by atoms with E-state index >= 15 is 0 Å². The number of hydrogen-bond donors (Lipinski definition) is 1. The van der Waals surface area contributed by atoms with Crippen LogP contribution < -0.4 is 18.9 Å². The van der Waals surface area contributed by atoms with Gasteiger partial charge in [0.2, 0.25) is 13.6 Å². The monoisotopic (exact) mass is 354 g/mol. The summed E-state index contributed by atoms with van der Waals surface area (Å²) in [6, 6.07) is 11.7. The summed E-state index contributed by atoms with van der Waals surface area (Å²) in [6.07, 6.45) is 1.89. The lowest BCUT2D eigenvalue weighted by atomic mass is 9.92. The van der Waals surface area contributed by atoms with Gasteiger partial charge in [-0.25, -0.2) is 0 Å². The minimum Gasteiger partial charge on any atom is -0.454 e. The molecule has 1 fully saturated rings. The quantitative estimate of drug-likeness (QED) is 0.914. The third kappa shape index (κ3) is 2.77. The van der Waals surface area contributed by atoms with Crippen molar-refractivity contribution in [2.24, 2.45) is 5.92 Å². The Balaban J connectivity index is 1.40. The minimum atomic E-state index is -0.819. The zero-order valence-electron chi connectivity index (χ0n) is 14.0. The Morgan fingerprint density at radius 3 is 2.38 bits per heavy atom. The molecule has 2 aromatic rings. The predicted octanol–water partition coefficient (Wildman–Crippen LogP) is 2.73. The van der Waals surface area contributed by atoms with Crippen LogP contribution in [0.25, 0.3) is 6.08 Å². The lowest BCUT2D eigenvalue weighted by molar-refractivity contribution is -0.0817. The van der Waals surface area contributed by atoms with E-state index < -0.39 is 6.29 Å². The first-order chi connectivity index (χ1) is 12.8. The second-order valence-corrected chi connectivity index (χ2v) is 6.53. The zero-order valence-corrected chi connectivity index (χ0v) is 14.0. The SMILES string of the molecule is O[C@H]1OCC(=Cc2ccc3c(c2)OCO3)[C@@H]1Cc1ccc2c(c1)OCO2. The van der Waals surface area contributed by atoms with Crippen molar-refractivity contribution >= 4 is 6.08 Å². The van der Waals surface area contributed by atoms with E-state index in [4.69, 9.17) is 23.7 Å². The molecule has 0 amide bonds. The van der Waals surface area contributed by atoms with Gasteiger partial charge in [0.05, 0.1) is 6.61 Å². The van der Waals surface area contributed by atoms with Crippen LogP contribution in [0, 0.1) is 5.92 Å². The molecule has 3 aliphatic rings. The molecule has 0 bridgehead atoms. The van der Waals surface area contributed by atoms with Gasteiger partial charge in [-0.3, -0.25) is 0 Å². The van der Waals surface area contributed by atoms with Gasteiger partial charge < -0.3 is 28.8 Å². The molecular formula is C20H18O6. The number of ether oxygens (including phenoxy) is 5. The predicted molar refractivity (Wildman–Crippen MR) is 92.3 cm³/mol. The highest BCUT2D eigenvalue weighted by Crippen LogP contribution is 2.37. The molecule has 5 rings (SSSR count). The van der Waals surface area contributed by atoms with Gasteiger partial charge in [-0.1, -0.05) is 18.2 Å². The molecule has 0 radical (unpaired) electrons. The van der Waals surface area contributed by atoms with E-state index in [1.807, 2.05) is 36.4 Å². The van der Waals surface area contributed by atoms with Crippen molar-refractivity contribution in [3.8, 4) is 23.0 Å². The van der Waals surface area contributed by atoms with Crippen LogP contribution in [-0.4, -0.2) is 31.6 Å². The average Bonchev–Trinajstić information content (AvgIpc) is 3.37. The second kappa shape index (κ2) is 6.23. The number of rotatable bonds is 3. The summed E-state index contributed by atoms with van der Waals surface area (Å²) in [4.78, 5) is 0. The number of fused-ring (bicyclic) bond motifs is 2. The third-order valence-electron chi connectivity index (χ3n) is 4.88. The van der Waals surface area contributed by atoms with Gasteiger partial charge >= 0.3 is 0 Å². The van der Waals surface area contributed by atoms with Crippen LogP contribution in [0.3, 0.4) is 0 Å². The summed E-state index contributed by atoms with van der Waals surface area (Å²) in [5.41, 5.74) is 3.12. The van der Waals surface area contributed by atoms with Gasteiger partial charge in [0.1, 0.15) is 0 Å². The fourth-order valence-electron chi connectivity index (χ4n) is 3.51. The van der Waals surface area contributed by atoms with Crippen LogP contribution in [0.1, 0.15) is 11.1 Å². The van der Waals surface area contributed by atoms with Crippen LogP contribution in [0.5, 0.6) is 23.0 Å². The van der Waals surface area contributed by atoms with Gasteiger partial charge in [-0.05, 0) is 47.4 Å². The van der Waals surface area contributed by atoms with Gasteiger partial charge in [0.25, 0.3) is 0 Å². The maximum Gasteiger partial charge on any atom is 0.231 e. The molecule has 0 unspecified atom stereocenters. The second-order valence-electron chi connectivity index (χ2n) is 6.53.